The summed E-state index contributed by atoms with van der Waals surface area (Å²) in [4.78, 5) is 37.9. The molecule has 1 aliphatic rings. The Balaban J connectivity index is 1.45. The van der Waals surface area contributed by atoms with E-state index in [0.29, 0.717) is 55.1 Å². The highest BCUT2D eigenvalue weighted by Crippen LogP contribution is 2.17. The molecule has 0 spiro atoms. The van der Waals surface area contributed by atoms with E-state index in [-0.39, 0.29) is 17.9 Å². The third-order valence-electron chi connectivity index (χ3n) is 5.06. The van der Waals surface area contributed by atoms with E-state index in [1.54, 1.807) is 24.3 Å². The number of nitrogens with one attached hydrogen (secondary N) is 1. The van der Waals surface area contributed by atoms with Crippen molar-refractivity contribution in [1.29, 1.82) is 0 Å². The van der Waals surface area contributed by atoms with E-state index in [4.69, 9.17) is 16.3 Å². The SMILES string of the molecule is CC(=O)Oc1cccc(C(=O)NC2CCN(C(=O)CCc3cccc(Cl)c3)CC2)c1. The lowest BCUT2D eigenvalue weighted by Crippen LogP contribution is -2.46. The molecule has 1 fully saturated rings. The van der Waals surface area contributed by atoms with Crippen LogP contribution in [0.1, 0.15) is 42.1 Å². The average molecular weight is 429 g/mol. The van der Waals surface area contributed by atoms with Crippen molar-refractivity contribution >= 4 is 29.4 Å². The summed E-state index contributed by atoms with van der Waals surface area (Å²) in [6, 6.07) is 14.1. The van der Waals surface area contributed by atoms with Crippen molar-refractivity contribution in [2.75, 3.05) is 13.1 Å². The minimum absolute atomic E-state index is 0.00635. The topological polar surface area (TPSA) is 75.7 Å². The highest BCUT2D eigenvalue weighted by atomic mass is 35.5. The molecule has 1 aliphatic heterocycles. The number of carbonyl (C=O) groups excluding carboxylic acids is 3. The molecular weight excluding hydrogens is 404 g/mol. The molecule has 0 aromatic heterocycles. The number of benzene rings is 2. The van der Waals surface area contributed by atoms with Crippen LogP contribution in [0.2, 0.25) is 5.02 Å². The summed E-state index contributed by atoms with van der Waals surface area (Å²) < 4.78 is 5.03. The Hall–Kier alpha value is -2.86. The Kier molecular flexibility index (Phi) is 7.46. The van der Waals surface area contributed by atoms with E-state index < -0.39 is 5.97 Å². The first-order valence-electron chi connectivity index (χ1n) is 10.0. The zero-order valence-electron chi connectivity index (χ0n) is 16.9. The molecule has 158 valence electrons. The summed E-state index contributed by atoms with van der Waals surface area (Å²) in [5.74, 6) is -0.182. The number of piperidine rings is 1. The van der Waals surface area contributed by atoms with E-state index in [2.05, 4.69) is 5.32 Å². The van der Waals surface area contributed by atoms with E-state index in [0.717, 1.165) is 5.56 Å². The van der Waals surface area contributed by atoms with Gasteiger partial charge in [0.25, 0.3) is 5.91 Å². The quantitative estimate of drug-likeness (QED) is 0.563. The molecule has 0 radical (unpaired) electrons. The predicted molar refractivity (Wildman–Crippen MR) is 115 cm³/mol. The Morgan fingerprint density at radius 1 is 1.10 bits per heavy atom. The highest BCUT2D eigenvalue weighted by molar-refractivity contribution is 6.30. The van der Waals surface area contributed by atoms with E-state index in [1.807, 2.05) is 29.2 Å². The molecule has 7 heteroatoms. The maximum absolute atomic E-state index is 12.5. The zero-order valence-corrected chi connectivity index (χ0v) is 17.7. The molecule has 3 rings (SSSR count). The summed E-state index contributed by atoms with van der Waals surface area (Å²) in [6.07, 6.45) is 2.52. The lowest BCUT2D eigenvalue weighted by atomic mass is 10.0. The molecule has 2 aromatic carbocycles. The Bertz CT molecular complexity index is 923. The van der Waals surface area contributed by atoms with Crippen LogP contribution in [0.15, 0.2) is 48.5 Å². The van der Waals surface area contributed by atoms with Crippen LogP contribution in [0, 0.1) is 0 Å². The van der Waals surface area contributed by atoms with Gasteiger partial charge in [-0.05, 0) is 55.2 Å². The molecule has 1 N–H and O–H groups in total. The van der Waals surface area contributed by atoms with Gasteiger partial charge in [0.05, 0.1) is 0 Å². The molecular formula is C23H25ClN2O4. The van der Waals surface area contributed by atoms with Crippen molar-refractivity contribution in [3.05, 3.63) is 64.7 Å². The van der Waals surface area contributed by atoms with Crippen LogP contribution in [0.3, 0.4) is 0 Å². The maximum atomic E-state index is 12.5. The van der Waals surface area contributed by atoms with Crippen LogP contribution in [-0.2, 0) is 16.0 Å². The molecule has 0 unspecified atom stereocenters. The zero-order chi connectivity index (χ0) is 21.5. The van der Waals surface area contributed by atoms with Gasteiger partial charge in [-0.1, -0.05) is 29.8 Å². The molecule has 0 aliphatic carbocycles. The number of esters is 1. The average Bonchev–Trinajstić information content (AvgIpc) is 2.72. The maximum Gasteiger partial charge on any atom is 0.308 e. The fourth-order valence-corrected chi connectivity index (χ4v) is 3.72. The molecule has 2 amide bonds. The normalized spacial score (nSPS) is 14.3. The minimum atomic E-state index is -0.431. The summed E-state index contributed by atoms with van der Waals surface area (Å²) >= 11 is 5.99. The molecule has 0 atom stereocenters. The number of hydrogen-bond acceptors (Lipinski definition) is 4. The van der Waals surface area contributed by atoms with Gasteiger partial charge in [-0.25, -0.2) is 0 Å². The van der Waals surface area contributed by atoms with Crippen LogP contribution in [-0.4, -0.2) is 41.8 Å². The fourth-order valence-electron chi connectivity index (χ4n) is 3.51. The minimum Gasteiger partial charge on any atom is -0.427 e. The monoisotopic (exact) mass is 428 g/mol. The van der Waals surface area contributed by atoms with E-state index in [9.17, 15) is 14.4 Å². The van der Waals surface area contributed by atoms with Gasteiger partial charge in [0.1, 0.15) is 5.75 Å². The Morgan fingerprint density at radius 3 is 2.53 bits per heavy atom. The van der Waals surface area contributed by atoms with Gasteiger partial charge in [0, 0.05) is 43.1 Å². The molecule has 1 saturated heterocycles. The third-order valence-corrected chi connectivity index (χ3v) is 5.29. The molecule has 30 heavy (non-hydrogen) atoms. The second-order valence-corrected chi connectivity index (χ2v) is 7.82. The summed E-state index contributed by atoms with van der Waals surface area (Å²) in [7, 11) is 0. The number of halogens is 1. The second-order valence-electron chi connectivity index (χ2n) is 7.38. The number of hydrogen-bond donors (Lipinski definition) is 1. The first kappa shape index (κ1) is 21.8. The van der Waals surface area contributed by atoms with Crippen molar-refractivity contribution in [2.45, 2.75) is 38.6 Å². The lowest BCUT2D eigenvalue weighted by Gasteiger charge is -2.32. The Morgan fingerprint density at radius 2 is 1.83 bits per heavy atom. The van der Waals surface area contributed by atoms with E-state index in [1.165, 1.54) is 6.92 Å². The van der Waals surface area contributed by atoms with Gasteiger partial charge in [-0.3, -0.25) is 14.4 Å². The molecule has 0 saturated carbocycles. The Labute approximate surface area is 181 Å². The van der Waals surface area contributed by atoms with Crippen LogP contribution in [0.5, 0.6) is 5.75 Å². The third kappa shape index (κ3) is 6.32. The summed E-state index contributed by atoms with van der Waals surface area (Å²) in [5, 5.41) is 3.68. The van der Waals surface area contributed by atoms with Gasteiger partial charge < -0.3 is 15.0 Å². The predicted octanol–water partition coefficient (Wildman–Crippen LogP) is 3.62. The standard InChI is InChI=1S/C23H25ClN2O4/c1-16(27)30-21-7-3-5-18(15-21)23(29)25-20-10-12-26(13-11-20)22(28)9-8-17-4-2-6-19(24)14-17/h2-7,14-15,20H,8-13H2,1H3,(H,25,29). The van der Waals surface area contributed by atoms with Crippen molar-refractivity contribution < 1.29 is 19.1 Å². The molecule has 0 bridgehead atoms. The number of aryl methyl sites for hydroxylation is 1. The first-order chi connectivity index (χ1) is 14.4. The molecule has 6 nitrogen and oxygen atoms in total. The lowest BCUT2D eigenvalue weighted by molar-refractivity contribution is -0.133. The van der Waals surface area contributed by atoms with Gasteiger partial charge in [0.2, 0.25) is 5.91 Å². The largest absolute Gasteiger partial charge is 0.427 e. The molecule has 1 heterocycles. The van der Waals surface area contributed by atoms with Gasteiger partial charge in [-0.15, -0.1) is 0 Å². The van der Waals surface area contributed by atoms with Crippen LogP contribution in [0.25, 0.3) is 0 Å². The fraction of sp³-hybridized carbons (Fsp3) is 0.348. The van der Waals surface area contributed by atoms with Crippen LogP contribution < -0.4 is 10.1 Å². The summed E-state index contributed by atoms with van der Waals surface area (Å²) in [5.41, 5.74) is 1.49. The number of likely N-dealkylation sites (tertiary alicyclic amines) is 1. The van der Waals surface area contributed by atoms with Crippen molar-refractivity contribution in [3.63, 3.8) is 0 Å². The first-order valence-corrected chi connectivity index (χ1v) is 10.4. The van der Waals surface area contributed by atoms with Crippen molar-refractivity contribution in [3.8, 4) is 5.75 Å². The molecule has 2 aromatic rings. The van der Waals surface area contributed by atoms with Crippen LogP contribution >= 0.6 is 11.6 Å². The highest BCUT2D eigenvalue weighted by Gasteiger charge is 2.24. The number of carbonyl (C=O) groups is 3. The number of nitrogens with zero attached hydrogens (tertiary/aromatic N) is 1. The van der Waals surface area contributed by atoms with Crippen molar-refractivity contribution in [1.82, 2.24) is 10.2 Å². The van der Waals surface area contributed by atoms with Crippen molar-refractivity contribution in [2.24, 2.45) is 0 Å². The van der Waals surface area contributed by atoms with Gasteiger partial charge in [0.15, 0.2) is 0 Å². The number of amides is 2. The van der Waals surface area contributed by atoms with Gasteiger partial charge in [-0.2, -0.15) is 0 Å². The number of ether oxygens (including phenoxy) is 1. The smallest absolute Gasteiger partial charge is 0.308 e. The summed E-state index contributed by atoms with van der Waals surface area (Å²) in [6.45, 7) is 2.55. The number of rotatable bonds is 6. The van der Waals surface area contributed by atoms with E-state index >= 15 is 0 Å². The second kappa shape index (κ2) is 10.3. The van der Waals surface area contributed by atoms with Crippen LogP contribution in [0.4, 0.5) is 0 Å². The van der Waals surface area contributed by atoms with Gasteiger partial charge >= 0.3 is 5.97 Å².